The number of fused-ring (bicyclic) bond motifs is 1. The molecular formula is C9H9NS. The van der Waals surface area contributed by atoms with Gasteiger partial charge in [0.05, 0.1) is 5.00 Å². The average molecular weight is 163 g/mol. The zero-order chi connectivity index (χ0) is 7.84. The van der Waals surface area contributed by atoms with Gasteiger partial charge >= 0.3 is 0 Å². The van der Waals surface area contributed by atoms with E-state index in [1.54, 1.807) is 11.3 Å². The maximum absolute atomic E-state index is 5.68. The van der Waals surface area contributed by atoms with E-state index < -0.39 is 0 Å². The number of nitrogens with two attached hydrogens (primary N) is 1. The summed E-state index contributed by atoms with van der Waals surface area (Å²) in [6.45, 7) is 2.11. The van der Waals surface area contributed by atoms with Crippen molar-refractivity contribution in [1.29, 1.82) is 0 Å². The Hall–Kier alpha value is -1.02. The number of anilines is 1. The number of nitrogen functional groups attached to an aromatic ring is 1. The molecule has 0 spiro atoms. The van der Waals surface area contributed by atoms with Crippen LogP contribution in [0.25, 0.3) is 10.1 Å². The molecular weight excluding hydrogens is 154 g/mol. The van der Waals surface area contributed by atoms with Gasteiger partial charge in [0.15, 0.2) is 0 Å². The van der Waals surface area contributed by atoms with Gasteiger partial charge in [0.2, 0.25) is 0 Å². The zero-order valence-electron chi connectivity index (χ0n) is 6.29. The molecule has 0 atom stereocenters. The van der Waals surface area contributed by atoms with Crippen molar-refractivity contribution in [3.05, 3.63) is 29.8 Å². The summed E-state index contributed by atoms with van der Waals surface area (Å²) in [5.74, 6) is 0. The molecule has 0 saturated carbocycles. The van der Waals surface area contributed by atoms with E-state index in [-0.39, 0.29) is 0 Å². The first-order valence-electron chi connectivity index (χ1n) is 3.52. The van der Waals surface area contributed by atoms with Gasteiger partial charge in [-0.25, -0.2) is 0 Å². The highest BCUT2D eigenvalue weighted by atomic mass is 32.1. The van der Waals surface area contributed by atoms with Crippen LogP contribution in [0.4, 0.5) is 5.00 Å². The second-order valence-corrected chi connectivity index (χ2v) is 3.75. The Labute approximate surface area is 69.5 Å². The third-order valence-electron chi connectivity index (χ3n) is 1.80. The molecule has 1 aromatic heterocycles. The van der Waals surface area contributed by atoms with E-state index in [9.17, 15) is 0 Å². The topological polar surface area (TPSA) is 26.0 Å². The van der Waals surface area contributed by atoms with Crippen LogP contribution in [0.1, 0.15) is 5.56 Å². The molecule has 0 radical (unpaired) electrons. The predicted octanol–water partition coefficient (Wildman–Crippen LogP) is 2.79. The van der Waals surface area contributed by atoms with Crippen molar-refractivity contribution >= 4 is 26.4 Å². The molecule has 0 saturated heterocycles. The third kappa shape index (κ3) is 0.994. The molecule has 0 aliphatic carbocycles. The van der Waals surface area contributed by atoms with Crippen LogP contribution in [0.3, 0.4) is 0 Å². The third-order valence-corrected chi connectivity index (χ3v) is 2.73. The summed E-state index contributed by atoms with van der Waals surface area (Å²) in [6, 6.07) is 8.31. The number of thiophene rings is 1. The maximum Gasteiger partial charge on any atom is 0.0868 e. The van der Waals surface area contributed by atoms with E-state index in [0.717, 1.165) is 5.00 Å². The van der Waals surface area contributed by atoms with Crippen LogP contribution >= 0.6 is 11.3 Å². The molecule has 0 aliphatic heterocycles. The molecule has 1 nitrogen and oxygen atoms in total. The van der Waals surface area contributed by atoms with E-state index in [1.165, 1.54) is 15.6 Å². The minimum atomic E-state index is 0.898. The van der Waals surface area contributed by atoms with Crippen molar-refractivity contribution in [2.75, 3.05) is 5.73 Å². The van der Waals surface area contributed by atoms with Crippen molar-refractivity contribution in [3.8, 4) is 0 Å². The molecule has 1 heterocycles. The largest absolute Gasteiger partial charge is 0.391 e. The second-order valence-electron chi connectivity index (χ2n) is 2.64. The number of hydrogen-bond acceptors (Lipinski definition) is 2. The molecule has 2 heteroatoms. The molecule has 2 aromatic rings. The van der Waals surface area contributed by atoms with Gasteiger partial charge in [-0.05, 0) is 30.0 Å². The SMILES string of the molecule is Cc1cccc2sc(N)cc12. The van der Waals surface area contributed by atoms with Crippen molar-refractivity contribution < 1.29 is 0 Å². The van der Waals surface area contributed by atoms with Crippen molar-refractivity contribution in [2.24, 2.45) is 0 Å². The Morgan fingerprint density at radius 3 is 2.91 bits per heavy atom. The Kier molecular flexibility index (Phi) is 1.36. The lowest BCUT2D eigenvalue weighted by molar-refractivity contribution is 1.55. The summed E-state index contributed by atoms with van der Waals surface area (Å²) in [5.41, 5.74) is 6.98. The quantitative estimate of drug-likeness (QED) is 0.635. The van der Waals surface area contributed by atoms with Gasteiger partial charge in [-0.1, -0.05) is 12.1 Å². The van der Waals surface area contributed by atoms with Gasteiger partial charge in [0, 0.05) is 4.70 Å². The van der Waals surface area contributed by atoms with Crippen LogP contribution in [0.2, 0.25) is 0 Å². The average Bonchev–Trinajstić information content (AvgIpc) is 2.31. The van der Waals surface area contributed by atoms with E-state index in [0.29, 0.717) is 0 Å². The van der Waals surface area contributed by atoms with Gasteiger partial charge in [-0.15, -0.1) is 11.3 Å². The standard InChI is InChI=1S/C9H9NS/c1-6-3-2-4-8-7(6)5-9(10)11-8/h2-5H,10H2,1H3. The van der Waals surface area contributed by atoms with Crippen LogP contribution in [0.5, 0.6) is 0 Å². The van der Waals surface area contributed by atoms with Gasteiger partial charge in [-0.3, -0.25) is 0 Å². The van der Waals surface area contributed by atoms with Crippen molar-refractivity contribution in [1.82, 2.24) is 0 Å². The normalized spacial score (nSPS) is 10.6. The summed E-state index contributed by atoms with van der Waals surface area (Å²) in [5, 5.41) is 2.18. The van der Waals surface area contributed by atoms with Crippen LogP contribution in [-0.2, 0) is 0 Å². The fourth-order valence-electron chi connectivity index (χ4n) is 1.23. The van der Waals surface area contributed by atoms with Gasteiger partial charge in [0.1, 0.15) is 0 Å². The van der Waals surface area contributed by atoms with E-state index in [4.69, 9.17) is 5.73 Å². The maximum atomic E-state index is 5.68. The Balaban J connectivity index is 2.90. The molecule has 0 unspecified atom stereocenters. The van der Waals surface area contributed by atoms with E-state index in [2.05, 4.69) is 25.1 Å². The Morgan fingerprint density at radius 2 is 2.18 bits per heavy atom. The van der Waals surface area contributed by atoms with E-state index in [1.807, 2.05) is 6.07 Å². The first-order valence-corrected chi connectivity index (χ1v) is 4.33. The fourth-order valence-corrected chi connectivity index (χ4v) is 2.13. The smallest absolute Gasteiger partial charge is 0.0868 e. The minimum absolute atomic E-state index is 0.898. The lowest BCUT2D eigenvalue weighted by Crippen LogP contribution is -1.73. The molecule has 11 heavy (non-hydrogen) atoms. The zero-order valence-corrected chi connectivity index (χ0v) is 7.11. The number of benzene rings is 1. The highest BCUT2D eigenvalue weighted by molar-refractivity contribution is 7.22. The summed E-state index contributed by atoms with van der Waals surface area (Å²) >= 11 is 1.64. The van der Waals surface area contributed by atoms with Crippen molar-refractivity contribution in [3.63, 3.8) is 0 Å². The Bertz CT molecular complexity index is 389. The molecule has 1 aromatic carbocycles. The van der Waals surface area contributed by atoms with Crippen LogP contribution in [0.15, 0.2) is 24.3 Å². The lowest BCUT2D eigenvalue weighted by Gasteiger charge is -1.91. The summed E-state index contributed by atoms with van der Waals surface area (Å²) in [6.07, 6.45) is 0. The number of aryl methyl sites for hydroxylation is 1. The fraction of sp³-hybridized carbons (Fsp3) is 0.111. The summed E-state index contributed by atoms with van der Waals surface area (Å²) in [7, 11) is 0. The molecule has 0 amide bonds. The first kappa shape index (κ1) is 6.68. The van der Waals surface area contributed by atoms with Gasteiger partial charge in [0.25, 0.3) is 0 Å². The number of hydrogen-bond donors (Lipinski definition) is 1. The van der Waals surface area contributed by atoms with Crippen LogP contribution in [0, 0.1) is 6.92 Å². The Morgan fingerprint density at radius 1 is 1.36 bits per heavy atom. The molecule has 56 valence electrons. The van der Waals surface area contributed by atoms with E-state index >= 15 is 0 Å². The lowest BCUT2D eigenvalue weighted by atomic mass is 10.1. The molecule has 0 bridgehead atoms. The first-order chi connectivity index (χ1) is 5.27. The molecule has 0 fully saturated rings. The highest BCUT2D eigenvalue weighted by Gasteiger charge is 1.99. The van der Waals surface area contributed by atoms with Crippen LogP contribution in [-0.4, -0.2) is 0 Å². The van der Waals surface area contributed by atoms with Gasteiger partial charge in [-0.2, -0.15) is 0 Å². The summed E-state index contributed by atoms with van der Waals surface area (Å²) < 4.78 is 1.28. The molecule has 0 aliphatic rings. The highest BCUT2D eigenvalue weighted by Crippen LogP contribution is 2.29. The van der Waals surface area contributed by atoms with Gasteiger partial charge < -0.3 is 5.73 Å². The second kappa shape index (κ2) is 2.24. The molecule has 2 N–H and O–H groups in total. The van der Waals surface area contributed by atoms with Crippen LogP contribution < -0.4 is 5.73 Å². The van der Waals surface area contributed by atoms with Crippen molar-refractivity contribution in [2.45, 2.75) is 6.92 Å². The summed E-state index contributed by atoms with van der Waals surface area (Å²) in [4.78, 5) is 0. The molecule has 2 rings (SSSR count). The minimum Gasteiger partial charge on any atom is -0.391 e. The monoisotopic (exact) mass is 163 g/mol. The number of rotatable bonds is 0. The predicted molar refractivity (Wildman–Crippen MR) is 51.0 cm³/mol.